The molecule has 1 atom stereocenters. The lowest BCUT2D eigenvalue weighted by atomic mass is 9.77. The molecule has 1 fully saturated rings. The maximum Gasteiger partial charge on any atom is 0.303 e. The van der Waals surface area contributed by atoms with Crippen LogP contribution < -0.4 is 10.6 Å². The van der Waals surface area contributed by atoms with Crippen LogP contribution in [-0.2, 0) is 11.2 Å². The number of hydrogen-bond acceptors (Lipinski definition) is 5. The Kier molecular flexibility index (Phi) is 5.45. The molecule has 0 radical (unpaired) electrons. The monoisotopic (exact) mass is 408 g/mol. The van der Waals surface area contributed by atoms with E-state index in [9.17, 15) is 9.59 Å². The molecule has 2 aliphatic rings. The zero-order valence-corrected chi connectivity index (χ0v) is 17.5. The first-order valence-corrected chi connectivity index (χ1v) is 10.6. The summed E-state index contributed by atoms with van der Waals surface area (Å²) >= 11 is 0. The predicted molar refractivity (Wildman–Crippen MR) is 115 cm³/mol. The molecule has 0 bridgehead atoms. The van der Waals surface area contributed by atoms with E-state index >= 15 is 0 Å². The van der Waals surface area contributed by atoms with Crippen molar-refractivity contribution < 1.29 is 14.7 Å². The molecule has 0 spiro atoms. The van der Waals surface area contributed by atoms with E-state index in [0.717, 1.165) is 37.1 Å². The molecule has 7 heteroatoms. The zero-order valence-electron chi connectivity index (χ0n) is 17.5. The SMILES string of the molecule is Cc1nc(N)c2c(n1)CC(C)N(c1ccc([C@H]3CC[C@H](CC(=O)O)CC3)cc1)C2=O. The van der Waals surface area contributed by atoms with Crippen molar-refractivity contribution >= 4 is 23.4 Å². The number of carbonyl (C=O) groups excluding carboxylic acids is 1. The van der Waals surface area contributed by atoms with E-state index in [0.29, 0.717) is 29.6 Å². The van der Waals surface area contributed by atoms with E-state index in [1.807, 2.05) is 19.1 Å². The number of anilines is 2. The number of aryl methyl sites for hydroxylation is 1. The summed E-state index contributed by atoms with van der Waals surface area (Å²) in [5.74, 6) is 0.720. The highest BCUT2D eigenvalue weighted by molar-refractivity contribution is 6.11. The van der Waals surface area contributed by atoms with Crippen LogP contribution in [0.4, 0.5) is 11.5 Å². The van der Waals surface area contributed by atoms with Crippen molar-refractivity contribution in [2.24, 2.45) is 5.92 Å². The Balaban J connectivity index is 1.50. The molecule has 7 nitrogen and oxygen atoms in total. The van der Waals surface area contributed by atoms with Crippen LogP contribution in [-0.4, -0.2) is 33.0 Å². The largest absolute Gasteiger partial charge is 0.481 e. The number of carboxylic acid groups (broad SMARTS) is 1. The fourth-order valence-electron chi connectivity index (χ4n) is 4.95. The molecule has 1 saturated carbocycles. The van der Waals surface area contributed by atoms with Gasteiger partial charge < -0.3 is 15.7 Å². The Hall–Kier alpha value is -2.96. The first-order chi connectivity index (χ1) is 14.3. The van der Waals surface area contributed by atoms with E-state index in [-0.39, 0.29) is 24.2 Å². The number of nitrogens with two attached hydrogens (primary N) is 1. The highest BCUT2D eigenvalue weighted by Crippen LogP contribution is 2.38. The molecule has 1 amide bonds. The van der Waals surface area contributed by atoms with Crippen LogP contribution in [0.5, 0.6) is 0 Å². The number of amides is 1. The van der Waals surface area contributed by atoms with Gasteiger partial charge in [-0.1, -0.05) is 12.1 Å². The van der Waals surface area contributed by atoms with Gasteiger partial charge in [-0.15, -0.1) is 0 Å². The Morgan fingerprint density at radius 1 is 1.17 bits per heavy atom. The van der Waals surface area contributed by atoms with Gasteiger partial charge in [-0.3, -0.25) is 9.59 Å². The van der Waals surface area contributed by atoms with Crippen LogP contribution in [0.25, 0.3) is 0 Å². The van der Waals surface area contributed by atoms with Crippen LogP contribution in [0.2, 0.25) is 0 Å². The zero-order chi connectivity index (χ0) is 21.4. The topological polar surface area (TPSA) is 109 Å². The highest BCUT2D eigenvalue weighted by Gasteiger charge is 2.34. The summed E-state index contributed by atoms with van der Waals surface area (Å²) in [7, 11) is 0. The number of carboxylic acids is 1. The molecule has 1 aromatic carbocycles. The molecular weight excluding hydrogens is 380 g/mol. The van der Waals surface area contributed by atoms with Gasteiger partial charge in [0.15, 0.2) is 0 Å². The van der Waals surface area contributed by atoms with E-state index in [4.69, 9.17) is 10.8 Å². The van der Waals surface area contributed by atoms with Crippen molar-refractivity contribution in [3.8, 4) is 0 Å². The molecule has 0 saturated heterocycles. The number of benzene rings is 1. The maximum absolute atomic E-state index is 13.2. The number of fused-ring (bicyclic) bond motifs is 1. The molecule has 4 rings (SSSR count). The number of aliphatic carboxylic acids is 1. The first kappa shape index (κ1) is 20.3. The molecule has 1 aliphatic carbocycles. The Bertz CT molecular complexity index is 965. The maximum atomic E-state index is 13.2. The molecule has 1 aromatic heterocycles. The fraction of sp³-hybridized carbons (Fsp3) is 0.478. The second-order valence-corrected chi connectivity index (χ2v) is 8.61. The first-order valence-electron chi connectivity index (χ1n) is 10.6. The molecule has 3 N–H and O–H groups in total. The number of nitrogens with zero attached hydrogens (tertiary/aromatic N) is 3. The lowest BCUT2D eigenvalue weighted by Crippen LogP contribution is -2.45. The standard InChI is InChI=1S/C23H28N4O3/c1-13-11-19-21(22(24)26-14(2)25-19)23(30)27(13)18-9-7-17(8-10-18)16-5-3-15(4-6-16)12-20(28)29/h7-10,13,15-16H,3-6,11-12H2,1-2H3,(H,28,29)(H2,24,25,26)/t13?,15-,16-. The lowest BCUT2D eigenvalue weighted by Gasteiger charge is -2.35. The molecule has 30 heavy (non-hydrogen) atoms. The number of carbonyl (C=O) groups is 2. The second-order valence-electron chi connectivity index (χ2n) is 8.61. The lowest BCUT2D eigenvalue weighted by molar-refractivity contribution is -0.138. The number of aromatic nitrogens is 2. The summed E-state index contributed by atoms with van der Waals surface area (Å²) < 4.78 is 0. The van der Waals surface area contributed by atoms with E-state index in [2.05, 4.69) is 22.1 Å². The highest BCUT2D eigenvalue weighted by atomic mass is 16.4. The van der Waals surface area contributed by atoms with E-state index < -0.39 is 5.97 Å². The molecule has 2 aromatic rings. The smallest absolute Gasteiger partial charge is 0.303 e. The summed E-state index contributed by atoms with van der Waals surface area (Å²) in [6.07, 6.45) is 4.85. The van der Waals surface area contributed by atoms with Crippen LogP contribution in [0, 0.1) is 12.8 Å². The molecular formula is C23H28N4O3. The number of hydrogen-bond donors (Lipinski definition) is 2. The van der Waals surface area contributed by atoms with E-state index in [1.165, 1.54) is 5.56 Å². The van der Waals surface area contributed by atoms with Crippen LogP contribution in [0.1, 0.15) is 72.4 Å². The van der Waals surface area contributed by atoms with Crippen molar-refractivity contribution in [3.05, 3.63) is 46.9 Å². The van der Waals surface area contributed by atoms with Crippen molar-refractivity contribution in [2.75, 3.05) is 10.6 Å². The van der Waals surface area contributed by atoms with Crippen molar-refractivity contribution in [1.82, 2.24) is 9.97 Å². The third-order valence-electron chi connectivity index (χ3n) is 6.44. The summed E-state index contributed by atoms with van der Waals surface area (Å²) in [6.45, 7) is 3.80. The van der Waals surface area contributed by atoms with Crippen LogP contribution in [0.15, 0.2) is 24.3 Å². The van der Waals surface area contributed by atoms with Gasteiger partial charge in [0.1, 0.15) is 17.2 Å². The minimum absolute atomic E-state index is 0.0176. The quantitative estimate of drug-likeness (QED) is 0.798. The molecule has 1 unspecified atom stereocenters. The molecule has 1 aliphatic heterocycles. The number of rotatable bonds is 4. The Morgan fingerprint density at radius 3 is 2.47 bits per heavy atom. The molecule has 158 valence electrons. The third kappa shape index (κ3) is 3.88. The average molecular weight is 409 g/mol. The van der Waals surface area contributed by atoms with Crippen molar-refractivity contribution in [1.29, 1.82) is 0 Å². The average Bonchev–Trinajstić information content (AvgIpc) is 2.68. The van der Waals surface area contributed by atoms with E-state index in [1.54, 1.807) is 11.8 Å². The minimum atomic E-state index is -0.703. The number of nitrogen functional groups attached to an aromatic ring is 1. The van der Waals surface area contributed by atoms with Gasteiger partial charge in [0.2, 0.25) is 0 Å². The van der Waals surface area contributed by atoms with Gasteiger partial charge in [0.05, 0.1) is 5.69 Å². The van der Waals surface area contributed by atoms with Crippen molar-refractivity contribution in [3.63, 3.8) is 0 Å². The van der Waals surface area contributed by atoms with Gasteiger partial charge in [-0.25, -0.2) is 9.97 Å². The normalized spacial score (nSPS) is 23.9. The van der Waals surface area contributed by atoms with Gasteiger partial charge >= 0.3 is 5.97 Å². The van der Waals surface area contributed by atoms with Gasteiger partial charge in [0.25, 0.3) is 5.91 Å². The molecule has 2 heterocycles. The van der Waals surface area contributed by atoms with Gasteiger partial charge in [-0.05, 0) is 69.1 Å². The fourth-order valence-corrected chi connectivity index (χ4v) is 4.95. The summed E-state index contributed by atoms with van der Waals surface area (Å²) in [5.41, 5.74) is 9.29. The van der Waals surface area contributed by atoms with Crippen molar-refractivity contribution in [2.45, 2.75) is 64.3 Å². The minimum Gasteiger partial charge on any atom is -0.481 e. The summed E-state index contributed by atoms with van der Waals surface area (Å²) in [6, 6.07) is 8.19. The van der Waals surface area contributed by atoms with Gasteiger partial charge in [-0.2, -0.15) is 0 Å². The Labute approximate surface area is 176 Å². The van der Waals surface area contributed by atoms with Gasteiger partial charge in [0, 0.05) is 24.6 Å². The summed E-state index contributed by atoms with van der Waals surface area (Å²) in [4.78, 5) is 34.5. The predicted octanol–water partition coefficient (Wildman–Crippen LogP) is 3.71. The summed E-state index contributed by atoms with van der Waals surface area (Å²) in [5, 5.41) is 8.99. The van der Waals surface area contributed by atoms with Crippen LogP contribution in [0.3, 0.4) is 0 Å². The second kappa shape index (κ2) is 8.05. The third-order valence-corrected chi connectivity index (χ3v) is 6.44. The van der Waals surface area contributed by atoms with Crippen LogP contribution >= 0.6 is 0 Å². The Morgan fingerprint density at radius 2 is 1.83 bits per heavy atom.